The van der Waals surface area contributed by atoms with Gasteiger partial charge in [0.15, 0.2) is 0 Å². The molecule has 1 rings (SSSR count). The monoisotopic (exact) mass is 266 g/mol. The highest BCUT2D eigenvalue weighted by Gasteiger charge is 2.27. The van der Waals surface area contributed by atoms with Gasteiger partial charge in [0.2, 0.25) is 11.8 Å². The van der Waals surface area contributed by atoms with Crippen molar-refractivity contribution < 1.29 is 9.53 Å². The van der Waals surface area contributed by atoms with Crippen molar-refractivity contribution in [3.63, 3.8) is 0 Å². The minimum Gasteiger partial charge on any atom is -0.479 e. The third kappa shape index (κ3) is 3.35. The third-order valence-corrected chi connectivity index (χ3v) is 3.00. The van der Waals surface area contributed by atoms with Gasteiger partial charge in [-0.1, -0.05) is 0 Å². The van der Waals surface area contributed by atoms with Crippen LogP contribution >= 0.6 is 0 Å². The molecule has 6 nitrogen and oxygen atoms in total. The average Bonchev–Trinajstić information content (AvgIpc) is 2.38. The highest BCUT2D eigenvalue weighted by atomic mass is 16.5. The molecule has 2 N–H and O–H groups in total. The number of hydrogen-bond acceptors (Lipinski definition) is 5. The Morgan fingerprint density at radius 2 is 2.05 bits per heavy atom. The smallest absolute Gasteiger partial charge is 0.244 e. The van der Waals surface area contributed by atoms with E-state index in [-0.39, 0.29) is 5.91 Å². The third-order valence-electron chi connectivity index (χ3n) is 3.00. The van der Waals surface area contributed by atoms with E-state index in [2.05, 4.69) is 15.6 Å². The maximum atomic E-state index is 12.2. The minimum atomic E-state index is -0.676. The number of carbonyl (C=O) groups is 1. The summed E-state index contributed by atoms with van der Waals surface area (Å²) in [5, 5.41) is 5.83. The van der Waals surface area contributed by atoms with E-state index < -0.39 is 5.54 Å². The Morgan fingerprint density at radius 1 is 1.42 bits per heavy atom. The van der Waals surface area contributed by atoms with Crippen LogP contribution < -0.4 is 20.3 Å². The molecule has 6 heteroatoms. The van der Waals surface area contributed by atoms with Crippen LogP contribution in [0.4, 0.5) is 11.4 Å². The van der Waals surface area contributed by atoms with E-state index in [1.807, 2.05) is 25.1 Å². The van der Waals surface area contributed by atoms with Gasteiger partial charge < -0.3 is 20.3 Å². The summed E-state index contributed by atoms with van der Waals surface area (Å²) in [6.07, 6.45) is 1.65. The summed E-state index contributed by atoms with van der Waals surface area (Å²) in [4.78, 5) is 18.2. The molecule has 19 heavy (non-hydrogen) atoms. The van der Waals surface area contributed by atoms with Crippen molar-refractivity contribution in [3.8, 4) is 5.88 Å². The average molecular weight is 266 g/mol. The summed E-state index contributed by atoms with van der Waals surface area (Å²) in [5.74, 6) is 0.246. The fraction of sp³-hybridized carbons (Fsp3) is 0.538. The van der Waals surface area contributed by atoms with Crippen molar-refractivity contribution in [1.29, 1.82) is 0 Å². The molecule has 0 unspecified atom stereocenters. The first-order valence-electron chi connectivity index (χ1n) is 6.04. The molecule has 0 aliphatic heterocycles. The van der Waals surface area contributed by atoms with Gasteiger partial charge in [-0.15, -0.1) is 0 Å². The van der Waals surface area contributed by atoms with Crippen molar-refractivity contribution in [2.45, 2.75) is 19.4 Å². The van der Waals surface area contributed by atoms with Gasteiger partial charge in [-0.2, -0.15) is 0 Å². The second-order valence-electron chi connectivity index (χ2n) is 4.94. The number of likely N-dealkylation sites (N-methyl/N-ethyl adjacent to an activating group) is 1. The number of methoxy groups -OCH3 is 1. The van der Waals surface area contributed by atoms with E-state index in [0.29, 0.717) is 11.6 Å². The predicted molar refractivity (Wildman–Crippen MR) is 76.9 cm³/mol. The number of aromatic nitrogens is 1. The molecule has 0 bridgehead atoms. The van der Waals surface area contributed by atoms with Gasteiger partial charge in [-0.3, -0.25) is 4.79 Å². The molecule has 0 atom stereocenters. The molecule has 0 aliphatic carbocycles. The first kappa shape index (κ1) is 15.2. The predicted octanol–water partition coefficient (Wildman–Crippen LogP) is 1.09. The van der Waals surface area contributed by atoms with Gasteiger partial charge >= 0.3 is 0 Å². The lowest BCUT2D eigenvalue weighted by atomic mass is 10.1. The minimum absolute atomic E-state index is 0.149. The van der Waals surface area contributed by atoms with Crippen LogP contribution in [-0.4, -0.2) is 44.7 Å². The number of pyridine rings is 1. The van der Waals surface area contributed by atoms with Crippen LogP contribution in [0.15, 0.2) is 12.3 Å². The van der Waals surface area contributed by atoms with Crippen LogP contribution in [-0.2, 0) is 4.79 Å². The molecule has 0 spiro atoms. The highest BCUT2D eigenvalue weighted by molar-refractivity contribution is 6.01. The standard InChI is InChI=1S/C13H22N4O2/c1-13(2,14-3)12(18)16-10-9(17(4)5)7-8-15-11(10)19-6/h7-8,14H,1-6H3,(H,16,18). The van der Waals surface area contributed by atoms with E-state index in [1.165, 1.54) is 7.11 Å². The molecule has 0 aromatic carbocycles. The summed E-state index contributed by atoms with van der Waals surface area (Å²) >= 11 is 0. The number of carbonyl (C=O) groups excluding carboxylic acids is 1. The Kier molecular flexibility index (Phi) is 4.72. The van der Waals surface area contributed by atoms with Crippen molar-refractivity contribution in [1.82, 2.24) is 10.3 Å². The molecule has 0 aliphatic rings. The molecular formula is C13H22N4O2. The van der Waals surface area contributed by atoms with Gasteiger partial charge in [0, 0.05) is 20.3 Å². The number of amides is 1. The maximum absolute atomic E-state index is 12.2. The maximum Gasteiger partial charge on any atom is 0.244 e. The molecular weight excluding hydrogens is 244 g/mol. The normalized spacial score (nSPS) is 11.1. The Balaban J connectivity index is 3.15. The number of nitrogens with zero attached hydrogens (tertiary/aromatic N) is 2. The zero-order valence-corrected chi connectivity index (χ0v) is 12.4. The number of rotatable bonds is 5. The van der Waals surface area contributed by atoms with Crippen molar-refractivity contribution >= 4 is 17.3 Å². The molecule has 0 saturated heterocycles. The van der Waals surface area contributed by atoms with E-state index in [0.717, 1.165) is 5.69 Å². The molecule has 106 valence electrons. The molecule has 1 aromatic rings. The zero-order valence-electron chi connectivity index (χ0n) is 12.4. The summed E-state index contributed by atoms with van der Waals surface area (Å²) < 4.78 is 5.21. The lowest BCUT2D eigenvalue weighted by molar-refractivity contribution is -0.121. The van der Waals surface area contributed by atoms with Crippen LogP contribution in [0.5, 0.6) is 5.88 Å². The van der Waals surface area contributed by atoms with Crippen LogP contribution in [0, 0.1) is 0 Å². The topological polar surface area (TPSA) is 66.5 Å². The Labute approximate surface area is 114 Å². The molecule has 1 aromatic heterocycles. The summed E-state index contributed by atoms with van der Waals surface area (Å²) in [6, 6.07) is 1.82. The Hall–Kier alpha value is -1.82. The summed E-state index contributed by atoms with van der Waals surface area (Å²) in [7, 11) is 7.06. The first-order valence-corrected chi connectivity index (χ1v) is 6.04. The first-order chi connectivity index (χ1) is 8.83. The summed E-state index contributed by atoms with van der Waals surface area (Å²) in [6.45, 7) is 3.61. The van der Waals surface area contributed by atoms with Crippen molar-refractivity contribution in [3.05, 3.63) is 12.3 Å². The van der Waals surface area contributed by atoms with Gasteiger partial charge in [-0.05, 0) is 27.0 Å². The van der Waals surface area contributed by atoms with Gasteiger partial charge in [-0.25, -0.2) is 4.98 Å². The van der Waals surface area contributed by atoms with Gasteiger partial charge in [0.05, 0.1) is 18.3 Å². The zero-order chi connectivity index (χ0) is 14.6. The van der Waals surface area contributed by atoms with E-state index in [4.69, 9.17) is 4.74 Å². The number of hydrogen-bond donors (Lipinski definition) is 2. The second kappa shape index (κ2) is 5.88. The molecule has 0 saturated carbocycles. The molecule has 1 amide bonds. The van der Waals surface area contributed by atoms with E-state index in [1.54, 1.807) is 27.1 Å². The fourth-order valence-electron chi connectivity index (χ4n) is 1.46. The molecule has 0 fully saturated rings. The SMILES string of the molecule is CNC(C)(C)C(=O)Nc1c(N(C)C)ccnc1OC. The van der Waals surface area contributed by atoms with E-state index >= 15 is 0 Å². The van der Waals surface area contributed by atoms with Crippen LogP contribution in [0.2, 0.25) is 0 Å². The Morgan fingerprint density at radius 3 is 2.53 bits per heavy atom. The second-order valence-corrected chi connectivity index (χ2v) is 4.94. The summed E-state index contributed by atoms with van der Waals surface area (Å²) in [5.41, 5.74) is 0.736. The number of anilines is 2. The lowest BCUT2D eigenvalue weighted by Gasteiger charge is -2.25. The largest absolute Gasteiger partial charge is 0.479 e. The van der Waals surface area contributed by atoms with Gasteiger partial charge in [0.1, 0.15) is 5.69 Å². The number of nitrogens with one attached hydrogen (secondary N) is 2. The quantitative estimate of drug-likeness (QED) is 0.835. The molecule has 1 heterocycles. The van der Waals surface area contributed by atoms with Gasteiger partial charge in [0.25, 0.3) is 0 Å². The molecule has 0 radical (unpaired) electrons. The van der Waals surface area contributed by atoms with Crippen LogP contribution in [0.25, 0.3) is 0 Å². The van der Waals surface area contributed by atoms with E-state index in [9.17, 15) is 4.79 Å². The van der Waals surface area contributed by atoms with Crippen LogP contribution in [0.1, 0.15) is 13.8 Å². The van der Waals surface area contributed by atoms with Crippen molar-refractivity contribution in [2.75, 3.05) is 38.5 Å². The lowest BCUT2D eigenvalue weighted by Crippen LogP contribution is -2.48. The number of ether oxygens (including phenoxy) is 1. The van der Waals surface area contributed by atoms with Crippen LogP contribution in [0.3, 0.4) is 0 Å². The Bertz CT molecular complexity index is 458. The highest BCUT2D eigenvalue weighted by Crippen LogP contribution is 2.32. The fourth-order valence-corrected chi connectivity index (χ4v) is 1.46. The van der Waals surface area contributed by atoms with Crippen molar-refractivity contribution in [2.24, 2.45) is 0 Å².